The van der Waals surface area contributed by atoms with Crippen molar-refractivity contribution >= 4 is 23.3 Å². The fourth-order valence-corrected chi connectivity index (χ4v) is 5.61. The van der Waals surface area contributed by atoms with Crippen LogP contribution in [0.15, 0.2) is 121 Å². The molecule has 2 heterocycles. The molecule has 2 fully saturated rings. The fraction of sp³-hybridized carbons (Fsp3) is 0.409. The van der Waals surface area contributed by atoms with Crippen LogP contribution in [0, 0.1) is 0 Å². The van der Waals surface area contributed by atoms with E-state index >= 15 is 0 Å². The summed E-state index contributed by atoms with van der Waals surface area (Å²) in [7, 11) is 0. The average Bonchev–Trinajstić information content (AvgIpc) is 3.32. The van der Waals surface area contributed by atoms with Crippen molar-refractivity contribution in [3.63, 3.8) is 0 Å². The topological polar surface area (TPSA) is 76.1 Å². The second-order valence-corrected chi connectivity index (χ2v) is 11.7. The van der Waals surface area contributed by atoms with Gasteiger partial charge in [0.2, 0.25) is 5.91 Å². The molecule has 7 nitrogen and oxygen atoms in total. The highest BCUT2D eigenvalue weighted by Crippen LogP contribution is 2.25. The molecule has 51 heavy (non-hydrogen) atoms. The van der Waals surface area contributed by atoms with Crippen LogP contribution in [0.2, 0.25) is 0 Å². The molecule has 2 aliphatic heterocycles. The molecule has 0 spiro atoms. The van der Waals surface area contributed by atoms with Gasteiger partial charge in [-0.3, -0.25) is 9.59 Å². The van der Waals surface area contributed by atoms with Crippen LogP contribution in [-0.2, 0) is 22.3 Å². The van der Waals surface area contributed by atoms with E-state index in [1.54, 1.807) is 77.7 Å². The highest BCUT2D eigenvalue weighted by molar-refractivity contribution is 5.93. The zero-order valence-electron chi connectivity index (χ0n) is 47.4. The van der Waals surface area contributed by atoms with Crippen LogP contribution in [0.1, 0.15) is 87.9 Å². The van der Waals surface area contributed by atoms with Crippen molar-refractivity contribution in [1.82, 2.24) is 9.80 Å². The third-order valence-corrected chi connectivity index (χ3v) is 8.20. The molecule has 2 aliphatic rings. The Morgan fingerprint density at radius 3 is 1.65 bits per heavy atom. The number of nitrogens with zero attached hydrogens (tertiary/aromatic N) is 3. The van der Waals surface area contributed by atoms with Crippen LogP contribution in [0.5, 0.6) is 0 Å². The van der Waals surface area contributed by atoms with Gasteiger partial charge in [0, 0.05) is 100 Å². The van der Waals surface area contributed by atoms with E-state index in [2.05, 4.69) is 10.4 Å². The Kier molecular flexibility index (Phi) is 9.01. The largest absolute Gasteiger partial charge is 0.481 e. The van der Waals surface area contributed by atoms with Crippen LogP contribution in [-0.4, -0.2) is 78.0 Å². The maximum absolute atomic E-state index is 13.2. The first-order valence-electron chi connectivity index (χ1n) is 26.3. The van der Waals surface area contributed by atoms with Gasteiger partial charge in [-0.15, -0.1) is 0 Å². The Labute approximate surface area is 333 Å². The summed E-state index contributed by atoms with van der Waals surface area (Å²) in [6.45, 7) is -9.35. The lowest BCUT2D eigenvalue weighted by molar-refractivity contribution is -0.136. The van der Waals surface area contributed by atoms with E-state index in [1.807, 2.05) is 36.4 Å². The van der Waals surface area contributed by atoms with E-state index in [1.165, 1.54) is 21.9 Å². The first-order chi connectivity index (χ1) is 32.4. The molecular formula is C44H58N4O3. The number of nitrogens with one attached hydrogen (secondary N) is 1. The Hall–Kier alpha value is -4.46. The molecule has 0 saturated carbocycles. The minimum Gasteiger partial charge on any atom is -0.481 e. The number of aliphatic carboxylic acids is 1. The number of rotatable bonds is 12. The first-order valence-corrected chi connectivity index (χ1v) is 16.8. The molecule has 4 aromatic rings. The Morgan fingerprint density at radius 1 is 0.706 bits per heavy atom. The second-order valence-electron chi connectivity index (χ2n) is 11.7. The summed E-state index contributed by atoms with van der Waals surface area (Å²) in [4.78, 5) is 27.7. The summed E-state index contributed by atoms with van der Waals surface area (Å²) < 4.78 is 145. The van der Waals surface area contributed by atoms with Crippen LogP contribution < -0.4 is 10.2 Å². The Balaban J connectivity index is 0.000000258. The number of carbonyl (C=O) groups is 2. The molecule has 0 unspecified atom stereocenters. The lowest BCUT2D eigenvalue weighted by Gasteiger charge is -2.38. The molecule has 272 valence electrons. The molecule has 0 radical (unpaired) electrons. The molecule has 0 bridgehead atoms. The van der Waals surface area contributed by atoms with Gasteiger partial charge < -0.3 is 25.1 Å². The van der Waals surface area contributed by atoms with E-state index in [0.29, 0.717) is 24.3 Å². The predicted molar refractivity (Wildman–Crippen MR) is 211 cm³/mol. The Morgan fingerprint density at radius 2 is 1.18 bits per heavy atom. The quantitative estimate of drug-likeness (QED) is 0.154. The van der Waals surface area contributed by atoms with E-state index in [0.717, 1.165) is 18.5 Å². The van der Waals surface area contributed by atoms with Crippen LogP contribution in [0.3, 0.4) is 0 Å². The summed E-state index contributed by atoms with van der Waals surface area (Å²) in [5, 5.41) is 6.70. The standard InChI is InChI=1S/C22H28N2O.C19H24N2.C3H6O2/c1-2-22(25)24(20-11-7-4-8-12-20)21-14-17-23(18-15-21)16-13-19-9-5-3-6-10-19;1-3-7-17(8-4-1)11-14-21-15-12-19(13-16-21)20-18-9-5-2-6-10-18;1-2-3(4)5/h3-12,21H,2,13-18H2,1H3;1-10,19-20H,11-16H2;2H2,1H3,(H,4,5)/i1D3,2D2,13D2,16D2;11D2,14D2;1D3,2D2/hD. The van der Waals surface area contributed by atoms with Crippen molar-refractivity contribution in [3.8, 4) is 0 Å². The predicted octanol–water partition coefficient (Wildman–Crippen LogP) is 8.42. The van der Waals surface area contributed by atoms with Crippen LogP contribution in [0.4, 0.5) is 11.4 Å². The molecule has 6 rings (SSSR count). The summed E-state index contributed by atoms with van der Waals surface area (Å²) >= 11 is 0. The monoisotopic (exact) mass is 710 g/mol. The number of hydrogen-bond donors (Lipinski definition) is 2. The van der Waals surface area contributed by atoms with Gasteiger partial charge in [0.1, 0.15) is 0 Å². The maximum Gasteiger partial charge on any atom is 0.303 e. The first kappa shape index (κ1) is 20.5. The summed E-state index contributed by atoms with van der Waals surface area (Å²) in [6, 6.07) is 34.7. The lowest BCUT2D eigenvalue weighted by Crippen LogP contribution is -2.47. The number of piperidine rings is 2. The summed E-state index contributed by atoms with van der Waals surface area (Å²) in [6.07, 6.45) is -8.53. The molecule has 0 atom stereocenters. The van der Waals surface area contributed by atoms with Gasteiger partial charge in [0.05, 0.1) is 0 Å². The molecule has 0 aromatic heterocycles. The number of anilines is 2. The zero-order chi connectivity index (χ0) is 52.6. The van der Waals surface area contributed by atoms with Crippen molar-refractivity contribution in [3.05, 3.63) is 132 Å². The normalized spacial score (nSPS) is 23.0. The number of likely N-dealkylation sites (tertiary alicyclic amines) is 2. The van der Waals surface area contributed by atoms with Gasteiger partial charge in [-0.05, 0) is 73.8 Å². The van der Waals surface area contributed by atoms with Gasteiger partial charge in [-0.25, -0.2) is 0 Å². The van der Waals surface area contributed by atoms with Gasteiger partial charge in [0.15, 0.2) is 0 Å². The summed E-state index contributed by atoms with van der Waals surface area (Å²) in [5.74, 6) is -2.88. The fourth-order valence-electron chi connectivity index (χ4n) is 5.61. The average molecular weight is 710 g/mol. The third kappa shape index (κ3) is 14.4. The van der Waals surface area contributed by atoms with Crippen LogP contribution in [0.25, 0.3) is 1.43 Å². The van der Waals surface area contributed by atoms with Gasteiger partial charge in [-0.2, -0.15) is 0 Å². The van der Waals surface area contributed by atoms with E-state index in [4.69, 9.17) is 26.1 Å². The van der Waals surface area contributed by atoms with E-state index in [9.17, 15) is 9.59 Å². The molecule has 0 aliphatic carbocycles. The highest BCUT2D eigenvalue weighted by Gasteiger charge is 2.28. The van der Waals surface area contributed by atoms with Crippen molar-refractivity contribution in [1.29, 1.82) is 1.43 Å². The number of carboxylic acids is 1. The van der Waals surface area contributed by atoms with Crippen molar-refractivity contribution in [2.75, 3.05) is 49.4 Å². The van der Waals surface area contributed by atoms with Crippen molar-refractivity contribution in [2.45, 2.75) is 77.0 Å². The smallest absolute Gasteiger partial charge is 0.303 e. The lowest BCUT2D eigenvalue weighted by atomic mass is 10.0. The number of aryl methyl sites for hydroxylation is 2. The van der Waals surface area contributed by atoms with Crippen LogP contribution >= 0.6 is 0 Å². The minimum atomic E-state index is -3.15. The number of hydrogen-bond acceptors (Lipinski definition) is 6. The van der Waals surface area contributed by atoms with E-state index < -0.39 is 70.1 Å². The number of amides is 1. The number of para-hydroxylation sites is 2. The SMILES string of the molecule is [2H]C([2H])([2H])C([2H])([2H])C(=O)N(c1ccccc1)C1CCN(C([2H])([2H])C([2H])([2H])c2ccccc2)CC1.[2H]C([2H])(c1ccccc1)C([2H])([2H])N1CCC(Nc2ccccc2)CC1.[2H]OC(=O)C([2H])([2H])C([2H])([2H])[2H]. The molecule has 2 saturated heterocycles. The highest BCUT2D eigenvalue weighted by atomic mass is 16.4. The molecular weight excluding hydrogens is 633 g/mol. The summed E-state index contributed by atoms with van der Waals surface area (Å²) in [5.41, 5.74) is 2.03. The van der Waals surface area contributed by atoms with Gasteiger partial charge in [0.25, 0.3) is 1.43 Å². The van der Waals surface area contributed by atoms with Gasteiger partial charge >= 0.3 is 5.97 Å². The van der Waals surface area contributed by atoms with Crippen molar-refractivity contribution in [2.24, 2.45) is 0 Å². The minimum absolute atomic E-state index is 0.109. The maximum atomic E-state index is 13.2. The zero-order valence-corrected chi connectivity index (χ0v) is 28.4. The van der Waals surface area contributed by atoms with Gasteiger partial charge in [-0.1, -0.05) is 111 Å². The molecule has 7 heteroatoms. The molecule has 2 N–H and O–H groups in total. The molecule has 4 aromatic carbocycles. The number of carboxylic acid groups (broad SMARTS) is 1. The second kappa shape index (κ2) is 22.4. The molecule has 1 amide bonds. The Bertz CT molecular complexity index is 2260. The number of benzene rings is 4. The van der Waals surface area contributed by atoms with Crippen molar-refractivity contribution < 1.29 is 39.4 Å². The third-order valence-electron chi connectivity index (χ3n) is 8.20. The van der Waals surface area contributed by atoms with E-state index in [-0.39, 0.29) is 37.5 Å². The number of carbonyl (C=O) groups excluding carboxylic acids is 1.